The number of hydrogen-bond donors (Lipinski definition) is 2. The number of rotatable bonds is 8. The Bertz CT molecular complexity index is 419. The fraction of sp³-hybridized carbons (Fsp3) is 0.500. The highest BCUT2D eigenvalue weighted by atomic mass is 16.5. The lowest BCUT2D eigenvalue weighted by molar-refractivity contribution is -0.119. The van der Waals surface area contributed by atoms with Crippen LogP contribution in [0.25, 0.3) is 0 Å². The molecule has 0 radical (unpaired) electrons. The molecular weight excluding hydrogens is 244 g/mol. The lowest BCUT2D eigenvalue weighted by atomic mass is 10.2. The summed E-state index contributed by atoms with van der Waals surface area (Å²) in [5, 5.41) is 3.35. The predicted molar refractivity (Wildman–Crippen MR) is 74.2 cm³/mol. The Morgan fingerprint density at radius 1 is 1.37 bits per heavy atom. The molecule has 0 aliphatic heterocycles. The average Bonchev–Trinajstić information content (AvgIpc) is 2.36. The van der Waals surface area contributed by atoms with E-state index in [4.69, 9.17) is 15.2 Å². The van der Waals surface area contributed by atoms with Gasteiger partial charge in [0.15, 0.2) is 18.1 Å². The van der Waals surface area contributed by atoms with Crippen LogP contribution in [-0.2, 0) is 11.3 Å². The number of nitrogens with one attached hydrogen (secondary N) is 1. The number of nitrogens with two attached hydrogens (primary N) is 1. The molecule has 0 aliphatic rings. The number of carbonyl (C=O) groups excluding carboxylic acids is 1. The van der Waals surface area contributed by atoms with Gasteiger partial charge in [-0.05, 0) is 30.2 Å². The van der Waals surface area contributed by atoms with Crippen molar-refractivity contribution in [2.45, 2.75) is 20.4 Å². The molecule has 0 aliphatic carbocycles. The Balaban J connectivity index is 2.64. The van der Waals surface area contributed by atoms with Crippen molar-refractivity contribution in [2.75, 3.05) is 20.3 Å². The van der Waals surface area contributed by atoms with Crippen LogP contribution >= 0.6 is 0 Å². The highest BCUT2D eigenvalue weighted by Crippen LogP contribution is 2.27. The lowest BCUT2D eigenvalue weighted by Crippen LogP contribution is -2.20. The summed E-state index contributed by atoms with van der Waals surface area (Å²) < 4.78 is 10.5. The van der Waals surface area contributed by atoms with Crippen LogP contribution in [0.3, 0.4) is 0 Å². The average molecular weight is 266 g/mol. The number of amides is 1. The first-order chi connectivity index (χ1) is 9.02. The van der Waals surface area contributed by atoms with Crippen molar-refractivity contribution in [2.24, 2.45) is 11.7 Å². The molecular formula is C14H22N2O3. The predicted octanol–water partition coefficient (Wildman–Crippen LogP) is 1.30. The number of primary amides is 1. The zero-order valence-electron chi connectivity index (χ0n) is 11.7. The van der Waals surface area contributed by atoms with Gasteiger partial charge < -0.3 is 20.5 Å². The maximum atomic E-state index is 10.7. The molecule has 1 rings (SSSR count). The van der Waals surface area contributed by atoms with Gasteiger partial charge in [0.1, 0.15) is 0 Å². The van der Waals surface area contributed by atoms with Gasteiger partial charge in [0.25, 0.3) is 5.91 Å². The fourth-order valence-electron chi connectivity index (χ4n) is 1.60. The van der Waals surface area contributed by atoms with Crippen LogP contribution in [0.2, 0.25) is 0 Å². The van der Waals surface area contributed by atoms with E-state index >= 15 is 0 Å². The second-order valence-corrected chi connectivity index (χ2v) is 4.76. The van der Waals surface area contributed by atoms with Crippen LogP contribution in [0.4, 0.5) is 0 Å². The molecule has 19 heavy (non-hydrogen) atoms. The second-order valence-electron chi connectivity index (χ2n) is 4.76. The molecule has 106 valence electrons. The second kappa shape index (κ2) is 7.63. The maximum Gasteiger partial charge on any atom is 0.255 e. The molecule has 0 atom stereocenters. The summed E-state index contributed by atoms with van der Waals surface area (Å²) in [7, 11) is 1.57. The largest absolute Gasteiger partial charge is 0.493 e. The minimum absolute atomic E-state index is 0.151. The van der Waals surface area contributed by atoms with Gasteiger partial charge in [0, 0.05) is 6.54 Å². The zero-order chi connectivity index (χ0) is 14.3. The maximum absolute atomic E-state index is 10.7. The molecule has 0 bridgehead atoms. The van der Waals surface area contributed by atoms with E-state index in [1.807, 2.05) is 12.1 Å². The van der Waals surface area contributed by atoms with E-state index in [2.05, 4.69) is 19.2 Å². The molecule has 0 fully saturated rings. The fourth-order valence-corrected chi connectivity index (χ4v) is 1.60. The van der Waals surface area contributed by atoms with Crippen LogP contribution in [0.1, 0.15) is 19.4 Å². The standard InChI is InChI=1S/C14H22N2O3/c1-10(2)7-16-8-11-4-5-12(13(6-11)18-3)19-9-14(15)17/h4-6,10,16H,7-9H2,1-3H3,(H2,15,17). The Morgan fingerprint density at radius 3 is 2.68 bits per heavy atom. The van der Waals surface area contributed by atoms with Crippen LogP contribution < -0.4 is 20.5 Å². The molecule has 0 aromatic heterocycles. The van der Waals surface area contributed by atoms with E-state index in [1.165, 1.54) is 0 Å². The summed E-state index contributed by atoms with van der Waals surface area (Å²) in [6, 6.07) is 5.62. The molecule has 0 heterocycles. The third-order valence-corrected chi connectivity index (χ3v) is 2.48. The highest BCUT2D eigenvalue weighted by Gasteiger charge is 2.07. The Hall–Kier alpha value is -1.75. The Kier molecular flexibility index (Phi) is 6.15. The van der Waals surface area contributed by atoms with Gasteiger partial charge in [0.05, 0.1) is 7.11 Å². The summed E-state index contributed by atoms with van der Waals surface area (Å²) in [5.41, 5.74) is 6.14. The minimum Gasteiger partial charge on any atom is -0.493 e. The molecule has 0 saturated carbocycles. The monoisotopic (exact) mass is 266 g/mol. The third kappa shape index (κ3) is 5.61. The molecule has 1 aromatic carbocycles. The van der Waals surface area contributed by atoms with E-state index in [9.17, 15) is 4.79 Å². The molecule has 0 spiro atoms. The normalized spacial score (nSPS) is 10.5. The van der Waals surface area contributed by atoms with Gasteiger partial charge in [-0.15, -0.1) is 0 Å². The van der Waals surface area contributed by atoms with Gasteiger partial charge in [-0.25, -0.2) is 0 Å². The number of benzene rings is 1. The Morgan fingerprint density at radius 2 is 2.11 bits per heavy atom. The topological polar surface area (TPSA) is 73.6 Å². The first-order valence-corrected chi connectivity index (χ1v) is 6.31. The van der Waals surface area contributed by atoms with E-state index in [-0.39, 0.29) is 6.61 Å². The van der Waals surface area contributed by atoms with E-state index in [0.717, 1.165) is 18.7 Å². The van der Waals surface area contributed by atoms with Gasteiger partial charge in [-0.3, -0.25) is 4.79 Å². The quantitative estimate of drug-likeness (QED) is 0.744. The van der Waals surface area contributed by atoms with Crippen LogP contribution in [-0.4, -0.2) is 26.2 Å². The van der Waals surface area contributed by atoms with Crippen molar-refractivity contribution < 1.29 is 14.3 Å². The van der Waals surface area contributed by atoms with Crippen molar-refractivity contribution >= 4 is 5.91 Å². The lowest BCUT2D eigenvalue weighted by Gasteiger charge is -2.12. The van der Waals surface area contributed by atoms with Crippen LogP contribution in [0.5, 0.6) is 11.5 Å². The van der Waals surface area contributed by atoms with E-state index < -0.39 is 5.91 Å². The van der Waals surface area contributed by atoms with Gasteiger partial charge >= 0.3 is 0 Å². The summed E-state index contributed by atoms with van der Waals surface area (Å²) in [6.45, 7) is 5.90. The Labute approximate surface area is 114 Å². The molecule has 1 amide bonds. The smallest absolute Gasteiger partial charge is 0.255 e. The number of hydrogen-bond acceptors (Lipinski definition) is 4. The summed E-state index contributed by atoms with van der Waals surface area (Å²) in [5.74, 6) is 1.23. The zero-order valence-corrected chi connectivity index (χ0v) is 11.7. The van der Waals surface area contributed by atoms with Crippen molar-refractivity contribution in [3.63, 3.8) is 0 Å². The summed E-state index contributed by atoms with van der Waals surface area (Å²) in [6.07, 6.45) is 0. The highest BCUT2D eigenvalue weighted by molar-refractivity contribution is 5.75. The molecule has 1 aromatic rings. The van der Waals surface area contributed by atoms with Gasteiger partial charge in [-0.2, -0.15) is 0 Å². The number of carbonyl (C=O) groups is 1. The van der Waals surface area contributed by atoms with Crippen LogP contribution in [0.15, 0.2) is 18.2 Å². The molecule has 0 saturated heterocycles. The van der Waals surface area contributed by atoms with Crippen LogP contribution in [0, 0.1) is 5.92 Å². The summed E-state index contributed by atoms with van der Waals surface area (Å²) in [4.78, 5) is 10.7. The van der Waals surface area contributed by atoms with Crippen molar-refractivity contribution in [1.82, 2.24) is 5.32 Å². The minimum atomic E-state index is -0.510. The van der Waals surface area contributed by atoms with Crippen molar-refractivity contribution in [1.29, 1.82) is 0 Å². The van der Waals surface area contributed by atoms with Gasteiger partial charge in [0.2, 0.25) is 0 Å². The van der Waals surface area contributed by atoms with Gasteiger partial charge in [-0.1, -0.05) is 19.9 Å². The van der Waals surface area contributed by atoms with E-state index in [1.54, 1.807) is 13.2 Å². The molecule has 5 nitrogen and oxygen atoms in total. The third-order valence-electron chi connectivity index (χ3n) is 2.48. The SMILES string of the molecule is COc1cc(CNCC(C)C)ccc1OCC(N)=O. The first kappa shape index (κ1) is 15.3. The number of methoxy groups -OCH3 is 1. The van der Waals surface area contributed by atoms with Crippen molar-refractivity contribution in [3.8, 4) is 11.5 Å². The van der Waals surface area contributed by atoms with Crippen molar-refractivity contribution in [3.05, 3.63) is 23.8 Å². The summed E-state index contributed by atoms with van der Waals surface area (Å²) >= 11 is 0. The molecule has 5 heteroatoms. The molecule has 0 unspecified atom stereocenters. The van der Waals surface area contributed by atoms with E-state index in [0.29, 0.717) is 17.4 Å². The first-order valence-electron chi connectivity index (χ1n) is 6.31. The molecule has 3 N–H and O–H groups in total. The number of ether oxygens (including phenoxy) is 2.